The largest absolute Gasteiger partial charge is 0.489 e. The van der Waals surface area contributed by atoms with Gasteiger partial charge < -0.3 is 14.2 Å². The van der Waals surface area contributed by atoms with Gasteiger partial charge in [-0.3, -0.25) is 5.32 Å². The third kappa shape index (κ3) is 4.46. The molecule has 0 bridgehead atoms. The van der Waals surface area contributed by atoms with Gasteiger partial charge in [0.25, 0.3) is 0 Å². The van der Waals surface area contributed by atoms with Crippen LogP contribution in [-0.4, -0.2) is 30.1 Å². The van der Waals surface area contributed by atoms with Crippen molar-refractivity contribution in [3.8, 4) is 22.9 Å². The van der Waals surface area contributed by atoms with Crippen LogP contribution >= 0.6 is 11.6 Å². The number of nitrogens with one attached hydrogen (secondary N) is 1. The van der Waals surface area contributed by atoms with Crippen molar-refractivity contribution in [2.75, 3.05) is 19.5 Å². The van der Waals surface area contributed by atoms with Gasteiger partial charge in [0.15, 0.2) is 0 Å². The molecule has 0 spiro atoms. The van der Waals surface area contributed by atoms with E-state index in [0.29, 0.717) is 28.9 Å². The number of para-hydroxylation sites is 1. The Morgan fingerprint density at radius 2 is 1.97 bits per heavy atom. The van der Waals surface area contributed by atoms with Crippen LogP contribution in [0.3, 0.4) is 0 Å². The summed E-state index contributed by atoms with van der Waals surface area (Å²) in [5.41, 5.74) is 3.92. The number of methoxy groups -OCH3 is 2. The van der Waals surface area contributed by atoms with Crippen LogP contribution in [-0.2, 0) is 18.4 Å². The molecule has 0 aliphatic heterocycles. The van der Waals surface area contributed by atoms with E-state index in [1.807, 2.05) is 43.3 Å². The van der Waals surface area contributed by atoms with Crippen molar-refractivity contribution in [3.05, 3.63) is 58.6 Å². The quantitative estimate of drug-likeness (QED) is 0.625. The van der Waals surface area contributed by atoms with Gasteiger partial charge in [-0.1, -0.05) is 29.8 Å². The maximum absolute atomic E-state index is 11.5. The Morgan fingerprint density at radius 1 is 1.21 bits per heavy atom. The summed E-state index contributed by atoms with van der Waals surface area (Å²) in [6.07, 6.45) is -0.527. The van der Waals surface area contributed by atoms with E-state index in [2.05, 4.69) is 15.2 Å². The second-order valence-corrected chi connectivity index (χ2v) is 6.72. The average molecular weight is 416 g/mol. The van der Waals surface area contributed by atoms with Crippen molar-refractivity contribution in [2.45, 2.75) is 13.5 Å². The fourth-order valence-electron chi connectivity index (χ4n) is 2.93. The van der Waals surface area contributed by atoms with Gasteiger partial charge in [-0.2, -0.15) is 5.10 Å². The lowest BCUT2D eigenvalue weighted by Gasteiger charge is -2.13. The molecule has 1 aromatic heterocycles. The van der Waals surface area contributed by atoms with Crippen molar-refractivity contribution in [1.82, 2.24) is 9.78 Å². The Labute approximate surface area is 174 Å². The van der Waals surface area contributed by atoms with Gasteiger partial charge in [0.1, 0.15) is 23.1 Å². The van der Waals surface area contributed by atoms with E-state index >= 15 is 0 Å². The number of carbonyl (C=O) groups is 1. The number of carbonyl (C=O) groups excluding carboxylic acids is 1. The second kappa shape index (κ2) is 8.87. The molecule has 0 aliphatic rings. The Balaban J connectivity index is 1.78. The Hall–Kier alpha value is -3.19. The van der Waals surface area contributed by atoms with Gasteiger partial charge in [0.05, 0.1) is 19.9 Å². The summed E-state index contributed by atoms with van der Waals surface area (Å²) >= 11 is 6.38. The molecule has 1 N–H and O–H groups in total. The van der Waals surface area contributed by atoms with Gasteiger partial charge in [0.2, 0.25) is 5.88 Å². The summed E-state index contributed by atoms with van der Waals surface area (Å²) in [5.74, 6) is 1.23. The molecule has 152 valence electrons. The number of hydrogen-bond donors (Lipinski definition) is 1. The topological polar surface area (TPSA) is 74.6 Å². The molecule has 0 aliphatic carbocycles. The zero-order valence-electron chi connectivity index (χ0n) is 16.7. The zero-order chi connectivity index (χ0) is 21.0. The third-order valence-corrected chi connectivity index (χ3v) is 4.74. The average Bonchev–Trinajstić information content (AvgIpc) is 3.01. The smallest absolute Gasteiger partial charge is 0.411 e. The summed E-state index contributed by atoms with van der Waals surface area (Å²) in [4.78, 5) is 11.5. The zero-order valence-corrected chi connectivity index (χ0v) is 17.4. The number of ether oxygens (including phenoxy) is 3. The first-order chi connectivity index (χ1) is 13.9. The highest BCUT2D eigenvalue weighted by atomic mass is 35.5. The summed E-state index contributed by atoms with van der Waals surface area (Å²) in [6, 6.07) is 13.1. The summed E-state index contributed by atoms with van der Waals surface area (Å²) in [6.45, 7) is 2.24. The molecule has 1 heterocycles. The van der Waals surface area contributed by atoms with Gasteiger partial charge >= 0.3 is 6.09 Å². The van der Waals surface area contributed by atoms with E-state index < -0.39 is 6.09 Å². The van der Waals surface area contributed by atoms with Crippen LogP contribution in [0.1, 0.15) is 11.1 Å². The van der Waals surface area contributed by atoms with Crippen LogP contribution in [0.2, 0.25) is 5.02 Å². The first kappa shape index (κ1) is 20.5. The molecule has 7 nitrogen and oxygen atoms in total. The standard InChI is InChI=1S/C21H22ClN3O4/c1-13-11-14(19-18(22)20(27-3)25(2)24-19)9-10-17(13)29-12-15-7-5-6-8-16(15)23-21(26)28-4/h5-11H,12H2,1-4H3,(H,23,26). The molecular formula is C21H22ClN3O4. The third-order valence-electron chi connectivity index (χ3n) is 4.40. The molecule has 0 atom stereocenters. The molecule has 1 amide bonds. The van der Waals surface area contributed by atoms with Crippen LogP contribution in [0.25, 0.3) is 11.3 Å². The molecule has 0 fully saturated rings. The number of hydrogen-bond acceptors (Lipinski definition) is 5. The molecule has 0 saturated heterocycles. The van der Waals surface area contributed by atoms with Gasteiger partial charge in [-0.05, 0) is 36.8 Å². The SMILES string of the molecule is COC(=O)Nc1ccccc1COc1ccc(-c2nn(C)c(OC)c2Cl)cc1C. The Kier molecular flexibility index (Phi) is 6.29. The molecular weight excluding hydrogens is 394 g/mol. The van der Waals surface area contributed by atoms with E-state index in [4.69, 9.17) is 21.1 Å². The molecule has 8 heteroatoms. The van der Waals surface area contributed by atoms with E-state index in [1.165, 1.54) is 7.11 Å². The molecule has 2 aromatic carbocycles. The lowest BCUT2D eigenvalue weighted by molar-refractivity contribution is 0.187. The number of halogens is 1. The number of nitrogens with zero attached hydrogens (tertiary/aromatic N) is 2. The van der Waals surface area contributed by atoms with Crippen molar-refractivity contribution in [1.29, 1.82) is 0 Å². The lowest BCUT2D eigenvalue weighted by Crippen LogP contribution is -2.13. The summed E-state index contributed by atoms with van der Waals surface area (Å²) in [7, 11) is 4.66. The highest BCUT2D eigenvalue weighted by Crippen LogP contribution is 2.36. The van der Waals surface area contributed by atoms with Crippen LogP contribution in [0.15, 0.2) is 42.5 Å². The van der Waals surface area contributed by atoms with Gasteiger partial charge in [0, 0.05) is 18.2 Å². The highest BCUT2D eigenvalue weighted by Gasteiger charge is 2.17. The molecule has 3 aromatic rings. The van der Waals surface area contributed by atoms with E-state index in [-0.39, 0.29) is 0 Å². The van der Waals surface area contributed by atoms with E-state index in [9.17, 15) is 4.79 Å². The summed E-state index contributed by atoms with van der Waals surface area (Å²) < 4.78 is 17.5. The molecule has 0 saturated carbocycles. The number of amides is 1. The normalized spacial score (nSPS) is 10.5. The molecule has 29 heavy (non-hydrogen) atoms. The van der Waals surface area contributed by atoms with E-state index in [0.717, 1.165) is 22.4 Å². The minimum Gasteiger partial charge on any atom is -0.489 e. The van der Waals surface area contributed by atoms with Crippen molar-refractivity contribution >= 4 is 23.4 Å². The maximum Gasteiger partial charge on any atom is 0.411 e. The van der Waals surface area contributed by atoms with Crippen molar-refractivity contribution in [3.63, 3.8) is 0 Å². The van der Waals surface area contributed by atoms with Gasteiger partial charge in [-0.15, -0.1) is 0 Å². The van der Waals surface area contributed by atoms with Crippen molar-refractivity contribution in [2.24, 2.45) is 7.05 Å². The molecule has 3 rings (SSSR count). The second-order valence-electron chi connectivity index (χ2n) is 6.34. The van der Waals surface area contributed by atoms with Crippen LogP contribution in [0, 0.1) is 6.92 Å². The Morgan fingerprint density at radius 3 is 2.62 bits per heavy atom. The minimum absolute atomic E-state index is 0.290. The number of aryl methyl sites for hydroxylation is 2. The fourth-order valence-corrected chi connectivity index (χ4v) is 3.28. The Bertz CT molecular complexity index is 1030. The number of anilines is 1. The predicted octanol–water partition coefficient (Wildman–Crippen LogP) is 4.81. The van der Waals surface area contributed by atoms with Crippen LogP contribution < -0.4 is 14.8 Å². The van der Waals surface area contributed by atoms with E-state index in [1.54, 1.807) is 24.9 Å². The first-order valence-corrected chi connectivity index (χ1v) is 9.25. The molecule has 0 unspecified atom stereocenters. The summed E-state index contributed by atoms with van der Waals surface area (Å²) in [5, 5.41) is 7.58. The number of rotatable bonds is 6. The van der Waals surface area contributed by atoms with Gasteiger partial charge in [-0.25, -0.2) is 9.48 Å². The molecule has 0 radical (unpaired) electrons. The van der Waals surface area contributed by atoms with Crippen LogP contribution in [0.5, 0.6) is 11.6 Å². The first-order valence-electron chi connectivity index (χ1n) is 8.87. The predicted molar refractivity (Wildman–Crippen MR) is 112 cm³/mol. The van der Waals surface area contributed by atoms with Crippen LogP contribution in [0.4, 0.5) is 10.5 Å². The maximum atomic E-state index is 11.5. The van der Waals surface area contributed by atoms with Crippen molar-refractivity contribution < 1.29 is 19.0 Å². The lowest BCUT2D eigenvalue weighted by atomic mass is 10.1. The fraction of sp³-hybridized carbons (Fsp3) is 0.238. The number of aromatic nitrogens is 2. The highest BCUT2D eigenvalue weighted by molar-refractivity contribution is 6.34. The monoisotopic (exact) mass is 415 g/mol. The number of benzene rings is 2. The minimum atomic E-state index is -0.527.